The molecule has 3 unspecified atom stereocenters. The molecule has 2 rings (SSSR count). The van der Waals surface area contributed by atoms with Crippen molar-refractivity contribution in [3.63, 3.8) is 0 Å². The van der Waals surface area contributed by atoms with Gasteiger partial charge < -0.3 is 5.11 Å². The number of carboxylic acids is 1. The maximum atomic E-state index is 11.7. The van der Waals surface area contributed by atoms with Crippen LogP contribution in [0.4, 0.5) is 0 Å². The summed E-state index contributed by atoms with van der Waals surface area (Å²) in [5.74, 6) is -0.710. The molecule has 1 aliphatic carbocycles. The zero-order chi connectivity index (χ0) is 15.0. The number of aliphatic carboxylic acids is 1. The number of likely N-dealkylation sites (tertiary alicyclic amines) is 1. The molecule has 2 aliphatic rings. The largest absolute Gasteiger partial charge is 0.481 e. The van der Waals surface area contributed by atoms with E-state index in [9.17, 15) is 18.3 Å². The van der Waals surface area contributed by atoms with Crippen LogP contribution < -0.4 is 0 Å². The first-order valence-electron chi connectivity index (χ1n) is 7.45. The van der Waals surface area contributed by atoms with E-state index in [2.05, 4.69) is 4.90 Å². The summed E-state index contributed by atoms with van der Waals surface area (Å²) in [6.07, 6.45) is 5.97. The third-order valence-electron chi connectivity index (χ3n) is 5.23. The fourth-order valence-electron chi connectivity index (χ4n) is 3.67. The van der Waals surface area contributed by atoms with Gasteiger partial charge in [-0.05, 0) is 38.6 Å². The van der Waals surface area contributed by atoms with Crippen molar-refractivity contribution in [3.05, 3.63) is 0 Å². The summed E-state index contributed by atoms with van der Waals surface area (Å²) in [6.45, 7) is 3.28. The Kier molecular flexibility index (Phi) is 4.44. The van der Waals surface area contributed by atoms with E-state index in [4.69, 9.17) is 0 Å². The Hall–Kier alpha value is -0.620. The first kappa shape index (κ1) is 15.8. The van der Waals surface area contributed by atoms with Gasteiger partial charge in [0.2, 0.25) is 0 Å². The van der Waals surface area contributed by atoms with E-state index in [1.54, 1.807) is 0 Å². The molecule has 0 bridgehead atoms. The fourth-order valence-corrected chi connectivity index (χ4v) is 4.84. The molecule has 6 heteroatoms. The fraction of sp³-hybridized carbons (Fsp3) is 0.929. The van der Waals surface area contributed by atoms with E-state index >= 15 is 0 Å². The summed E-state index contributed by atoms with van der Waals surface area (Å²) in [5, 5.41) is 9.19. The lowest BCUT2D eigenvalue weighted by molar-refractivity contribution is -0.148. The molecule has 0 radical (unpaired) electrons. The number of carbonyl (C=O) groups is 1. The second kappa shape index (κ2) is 5.64. The third-order valence-corrected chi connectivity index (χ3v) is 6.87. The van der Waals surface area contributed by atoms with Gasteiger partial charge in [-0.3, -0.25) is 9.69 Å². The van der Waals surface area contributed by atoms with E-state index in [-0.39, 0.29) is 11.3 Å². The molecule has 1 N–H and O–H groups in total. The number of carboxylic acid groups (broad SMARTS) is 1. The zero-order valence-electron chi connectivity index (χ0n) is 12.3. The maximum Gasteiger partial charge on any atom is 0.310 e. The van der Waals surface area contributed by atoms with Crippen molar-refractivity contribution in [2.24, 2.45) is 5.41 Å². The van der Waals surface area contributed by atoms with Crippen LogP contribution in [0.15, 0.2) is 0 Å². The Balaban J connectivity index is 2.05. The highest BCUT2D eigenvalue weighted by Gasteiger charge is 2.46. The molecule has 0 aromatic rings. The van der Waals surface area contributed by atoms with Gasteiger partial charge in [0.15, 0.2) is 0 Å². The molecule has 2 fully saturated rings. The highest BCUT2D eigenvalue weighted by molar-refractivity contribution is 7.91. The van der Waals surface area contributed by atoms with Crippen molar-refractivity contribution < 1.29 is 18.3 Å². The third kappa shape index (κ3) is 3.01. The van der Waals surface area contributed by atoms with Gasteiger partial charge in [-0.15, -0.1) is 0 Å². The van der Waals surface area contributed by atoms with Crippen LogP contribution >= 0.6 is 0 Å². The Morgan fingerprint density at radius 1 is 1.40 bits per heavy atom. The minimum absolute atomic E-state index is 0.233. The lowest BCUT2D eigenvalue weighted by atomic mass is 9.84. The number of rotatable bonds is 4. The van der Waals surface area contributed by atoms with Crippen molar-refractivity contribution in [1.29, 1.82) is 0 Å². The summed E-state index contributed by atoms with van der Waals surface area (Å²) in [6, 6.07) is 0.233. The second-order valence-corrected chi connectivity index (χ2v) is 8.76. The highest BCUT2D eigenvalue weighted by atomic mass is 32.2. The standard InChI is InChI=1S/C14H25NO4S/c1-3-14(13(16)17)7-8-15(10-14)11-5-4-6-12(9-11)20(2,18)19/h11-12H,3-10H2,1-2H3,(H,16,17). The van der Waals surface area contributed by atoms with E-state index in [1.807, 2.05) is 6.92 Å². The van der Waals surface area contributed by atoms with Crippen molar-refractivity contribution in [2.75, 3.05) is 19.3 Å². The summed E-state index contributed by atoms with van der Waals surface area (Å²) in [4.78, 5) is 13.7. The molecule has 3 atom stereocenters. The summed E-state index contributed by atoms with van der Waals surface area (Å²) < 4.78 is 23.5. The normalized spacial score (nSPS) is 36.1. The Labute approximate surface area is 121 Å². The first-order valence-corrected chi connectivity index (χ1v) is 9.40. The van der Waals surface area contributed by atoms with Gasteiger partial charge in [0, 0.05) is 18.8 Å². The molecule has 5 nitrogen and oxygen atoms in total. The Morgan fingerprint density at radius 2 is 2.10 bits per heavy atom. The van der Waals surface area contributed by atoms with Crippen LogP contribution in [0.3, 0.4) is 0 Å². The SMILES string of the molecule is CCC1(C(=O)O)CCN(C2CCCC(S(C)(=O)=O)C2)C1. The average molecular weight is 303 g/mol. The van der Waals surface area contributed by atoms with E-state index in [0.29, 0.717) is 25.8 Å². The molecule has 0 spiro atoms. The lowest BCUT2D eigenvalue weighted by Crippen LogP contribution is -2.43. The summed E-state index contributed by atoms with van der Waals surface area (Å²) >= 11 is 0. The van der Waals surface area contributed by atoms with E-state index < -0.39 is 21.2 Å². The Bertz CT molecular complexity index is 476. The van der Waals surface area contributed by atoms with Crippen LogP contribution in [-0.2, 0) is 14.6 Å². The molecular weight excluding hydrogens is 278 g/mol. The molecule has 116 valence electrons. The van der Waals surface area contributed by atoms with Crippen LogP contribution in [0.5, 0.6) is 0 Å². The number of hydrogen-bond acceptors (Lipinski definition) is 4. The maximum absolute atomic E-state index is 11.7. The smallest absolute Gasteiger partial charge is 0.310 e. The van der Waals surface area contributed by atoms with Gasteiger partial charge in [0.05, 0.1) is 10.7 Å². The molecule has 1 heterocycles. The molecule has 1 aliphatic heterocycles. The predicted molar refractivity (Wildman–Crippen MR) is 77.4 cm³/mol. The molecule has 0 aromatic heterocycles. The second-order valence-electron chi connectivity index (χ2n) is 6.43. The van der Waals surface area contributed by atoms with Crippen molar-refractivity contribution in [3.8, 4) is 0 Å². The van der Waals surface area contributed by atoms with Gasteiger partial charge in [0.1, 0.15) is 9.84 Å². The minimum atomic E-state index is -2.98. The molecule has 0 amide bonds. The molecule has 1 saturated carbocycles. The molecular formula is C14H25NO4S. The number of sulfone groups is 1. The van der Waals surface area contributed by atoms with Crippen LogP contribution in [0, 0.1) is 5.41 Å². The van der Waals surface area contributed by atoms with Crippen LogP contribution in [0.2, 0.25) is 0 Å². The zero-order valence-corrected chi connectivity index (χ0v) is 13.2. The number of nitrogens with zero attached hydrogens (tertiary/aromatic N) is 1. The molecule has 20 heavy (non-hydrogen) atoms. The van der Waals surface area contributed by atoms with Crippen LogP contribution in [0.25, 0.3) is 0 Å². The average Bonchev–Trinajstić information content (AvgIpc) is 2.84. The van der Waals surface area contributed by atoms with Crippen molar-refractivity contribution in [1.82, 2.24) is 4.90 Å². The minimum Gasteiger partial charge on any atom is -0.481 e. The van der Waals surface area contributed by atoms with E-state index in [1.165, 1.54) is 6.26 Å². The van der Waals surface area contributed by atoms with Crippen LogP contribution in [0.1, 0.15) is 45.4 Å². The quantitative estimate of drug-likeness (QED) is 0.852. The van der Waals surface area contributed by atoms with Gasteiger partial charge in [-0.1, -0.05) is 13.3 Å². The van der Waals surface area contributed by atoms with Crippen molar-refractivity contribution in [2.45, 2.75) is 56.7 Å². The summed E-state index contributed by atoms with van der Waals surface area (Å²) in [5.41, 5.74) is -0.627. The van der Waals surface area contributed by atoms with Gasteiger partial charge >= 0.3 is 5.97 Å². The van der Waals surface area contributed by atoms with Gasteiger partial charge in [0.25, 0.3) is 0 Å². The topological polar surface area (TPSA) is 74.7 Å². The Morgan fingerprint density at radius 3 is 2.60 bits per heavy atom. The van der Waals surface area contributed by atoms with Crippen LogP contribution in [-0.4, -0.2) is 55.0 Å². The monoisotopic (exact) mass is 303 g/mol. The molecule has 1 saturated heterocycles. The van der Waals surface area contributed by atoms with Gasteiger partial charge in [-0.2, -0.15) is 0 Å². The lowest BCUT2D eigenvalue weighted by Gasteiger charge is -2.35. The highest BCUT2D eigenvalue weighted by Crippen LogP contribution is 2.38. The number of hydrogen-bond donors (Lipinski definition) is 1. The van der Waals surface area contributed by atoms with Crippen molar-refractivity contribution >= 4 is 15.8 Å². The van der Waals surface area contributed by atoms with Gasteiger partial charge in [-0.25, -0.2) is 8.42 Å². The molecule has 0 aromatic carbocycles. The predicted octanol–water partition coefficient (Wildman–Crippen LogP) is 1.53. The summed E-state index contributed by atoms with van der Waals surface area (Å²) in [7, 11) is -2.98. The first-order chi connectivity index (χ1) is 9.28. The van der Waals surface area contributed by atoms with E-state index in [0.717, 1.165) is 25.8 Å².